The molecule has 0 aliphatic carbocycles. The first kappa shape index (κ1) is 27.7. The Morgan fingerprint density at radius 1 is 0.921 bits per heavy atom. The summed E-state index contributed by atoms with van der Waals surface area (Å²) in [6.07, 6.45) is 2.75. The van der Waals surface area contributed by atoms with Crippen LogP contribution in [0.2, 0.25) is 0 Å². The monoisotopic (exact) mass is 520 g/mol. The molecule has 1 amide bonds. The van der Waals surface area contributed by atoms with Crippen LogP contribution in [0.4, 0.5) is 5.69 Å². The van der Waals surface area contributed by atoms with Crippen molar-refractivity contribution in [2.45, 2.75) is 6.92 Å². The quantitative estimate of drug-likeness (QED) is 0.290. The summed E-state index contributed by atoms with van der Waals surface area (Å²) < 4.78 is 14.7. The van der Waals surface area contributed by atoms with Crippen molar-refractivity contribution >= 4 is 35.2 Å². The Morgan fingerprint density at radius 2 is 1.53 bits per heavy atom. The molecule has 0 saturated heterocycles. The van der Waals surface area contributed by atoms with Crippen molar-refractivity contribution < 1.29 is 33.4 Å². The van der Waals surface area contributed by atoms with Crippen molar-refractivity contribution in [2.75, 3.05) is 33.2 Å². The number of hydrogen-bond acceptors (Lipinski definition) is 10. The molecular weight excluding hydrogens is 492 g/mol. The van der Waals surface area contributed by atoms with E-state index in [1.165, 1.54) is 33.6 Å². The van der Waals surface area contributed by atoms with E-state index in [1.54, 1.807) is 61.5 Å². The van der Waals surface area contributed by atoms with Crippen LogP contribution in [0.1, 0.15) is 17.3 Å². The number of esters is 3. The second-order valence-corrected chi connectivity index (χ2v) is 8.32. The van der Waals surface area contributed by atoms with Gasteiger partial charge in [0, 0.05) is 24.0 Å². The Balaban J connectivity index is 2.16. The van der Waals surface area contributed by atoms with Gasteiger partial charge in [-0.25, -0.2) is 14.4 Å². The van der Waals surface area contributed by atoms with Gasteiger partial charge in [-0.2, -0.15) is 5.10 Å². The lowest BCUT2D eigenvalue weighted by Gasteiger charge is -2.36. The van der Waals surface area contributed by atoms with Gasteiger partial charge in [-0.15, -0.1) is 0 Å². The van der Waals surface area contributed by atoms with Crippen LogP contribution in [0.25, 0.3) is 0 Å². The second kappa shape index (κ2) is 12.3. The number of nitrogens with zero attached hydrogens (tertiary/aromatic N) is 2. The number of para-hydroxylation sites is 1. The third-order valence-corrected chi connectivity index (χ3v) is 5.66. The van der Waals surface area contributed by atoms with Crippen molar-refractivity contribution in [3.63, 3.8) is 0 Å². The largest absolute Gasteiger partial charge is 0.464 e. The molecule has 198 valence electrons. The van der Waals surface area contributed by atoms with E-state index < -0.39 is 29.2 Å². The maximum atomic E-state index is 13.8. The van der Waals surface area contributed by atoms with Crippen LogP contribution < -0.4 is 10.7 Å². The smallest absolute Gasteiger partial charge is 0.356 e. The van der Waals surface area contributed by atoms with E-state index in [1.807, 2.05) is 6.07 Å². The van der Waals surface area contributed by atoms with Crippen LogP contribution in [-0.2, 0) is 28.6 Å². The van der Waals surface area contributed by atoms with Crippen molar-refractivity contribution in [2.24, 2.45) is 10.5 Å². The third-order valence-electron chi connectivity index (χ3n) is 5.66. The zero-order chi connectivity index (χ0) is 27.7. The molecule has 0 bridgehead atoms. The zero-order valence-electron chi connectivity index (χ0n) is 21.4. The lowest BCUT2D eigenvalue weighted by molar-refractivity contribution is -0.138. The molecule has 11 nitrogen and oxygen atoms in total. The van der Waals surface area contributed by atoms with Gasteiger partial charge >= 0.3 is 17.9 Å². The summed E-state index contributed by atoms with van der Waals surface area (Å²) in [4.78, 5) is 52.9. The molecule has 1 heterocycles. The minimum Gasteiger partial charge on any atom is -0.464 e. The Labute approximate surface area is 219 Å². The van der Waals surface area contributed by atoms with Crippen LogP contribution in [0, 0.1) is 5.41 Å². The Hall–Kier alpha value is -4.93. The summed E-state index contributed by atoms with van der Waals surface area (Å²) in [5.41, 5.74) is 1.68. The number of hydrogen-bond donors (Lipinski definition) is 2. The summed E-state index contributed by atoms with van der Waals surface area (Å²) in [5.74, 6) is -2.91. The van der Waals surface area contributed by atoms with E-state index in [2.05, 4.69) is 15.8 Å². The molecular formula is C27H28N4O7. The molecule has 3 rings (SSSR count). The van der Waals surface area contributed by atoms with Gasteiger partial charge in [-0.3, -0.25) is 15.1 Å². The third kappa shape index (κ3) is 6.25. The normalized spacial score (nSPS) is 16.7. The highest BCUT2D eigenvalue weighted by Gasteiger charge is 2.43. The highest BCUT2D eigenvalue weighted by atomic mass is 16.5. The standard InChI is InChI=1S/C27H28N4O7/c1-27(15-20(24(33)36-2)29-30-22(27)26(35)38-4)17-31(23(32)18-11-7-5-8-12-18)21(25(34)37-3)16-28-19-13-9-6-10-14-19/h5-16,28-29H,17H2,1-4H3/b21-16-. The van der Waals surface area contributed by atoms with Crippen molar-refractivity contribution in [1.82, 2.24) is 10.3 Å². The van der Waals surface area contributed by atoms with E-state index in [0.717, 1.165) is 4.90 Å². The van der Waals surface area contributed by atoms with Gasteiger partial charge in [0.15, 0.2) is 5.71 Å². The molecule has 2 N–H and O–H groups in total. The van der Waals surface area contributed by atoms with Crippen LogP contribution in [0.3, 0.4) is 0 Å². The number of anilines is 1. The number of amides is 1. The Bertz CT molecular complexity index is 1290. The number of methoxy groups -OCH3 is 3. The van der Waals surface area contributed by atoms with Crippen molar-refractivity contribution in [3.05, 3.63) is 89.9 Å². The van der Waals surface area contributed by atoms with Crippen molar-refractivity contribution in [3.8, 4) is 0 Å². The summed E-state index contributed by atoms with van der Waals surface area (Å²) in [5, 5.41) is 7.04. The predicted octanol–water partition coefficient (Wildman–Crippen LogP) is 2.45. The van der Waals surface area contributed by atoms with Crippen LogP contribution in [0.15, 0.2) is 89.4 Å². The Morgan fingerprint density at radius 3 is 2.11 bits per heavy atom. The van der Waals surface area contributed by atoms with Crippen LogP contribution in [0.5, 0.6) is 0 Å². The van der Waals surface area contributed by atoms with E-state index in [-0.39, 0.29) is 29.2 Å². The molecule has 0 saturated carbocycles. The first-order chi connectivity index (χ1) is 18.2. The summed E-state index contributed by atoms with van der Waals surface area (Å²) >= 11 is 0. The fraction of sp³-hybridized carbons (Fsp3) is 0.222. The molecule has 11 heteroatoms. The number of rotatable bonds is 9. The van der Waals surface area contributed by atoms with Gasteiger partial charge in [-0.05, 0) is 37.3 Å². The van der Waals surface area contributed by atoms with E-state index >= 15 is 0 Å². The average molecular weight is 521 g/mol. The molecule has 0 radical (unpaired) electrons. The molecule has 0 spiro atoms. The molecule has 0 fully saturated rings. The number of carbonyl (C=O) groups excluding carboxylic acids is 4. The van der Waals surface area contributed by atoms with E-state index in [4.69, 9.17) is 14.2 Å². The van der Waals surface area contributed by atoms with Gasteiger partial charge in [0.05, 0.1) is 26.7 Å². The zero-order valence-corrected chi connectivity index (χ0v) is 21.4. The molecule has 2 aromatic carbocycles. The minimum absolute atomic E-state index is 0.0548. The lowest BCUT2D eigenvalue weighted by atomic mass is 9.81. The maximum Gasteiger partial charge on any atom is 0.356 e. The summed E-state index contributed by atoms with van der Waals surface area (Å²) in [6.45, 7) is 1.28. The van der Waals surface area contributed by atoms with Crippen LogP contribution in [-0.4, -0.2) is 62.3 Å². The molecule has 1 unspecified atom stereocenters. The minimum atomic E-state index is -1.40. The lowest BCUT2D eigenvalue weighted by Crippen LogP contribution is -2.49. The molecule has 1 aliphatic rings. The van der Waals surface area contributed by atoms with Crippen molar-refractivity contribution in [1.29, 1.82) is 0 Å². The number of hydrazone groups is 1. The second-order valence-electron chi connectivity index (χ2n) is 8.32. The van der Waals surface area contributed by atoms with E-state index in [0.29, 0.717) is 5.69 Å². The number of nitrogens with one attached hydrogen (secondary N) is 2. The number of carbonyl (C=O) groups is 4. The first-order valence-electron chi connectivity index (χ1n) is 11.4. The molecule has 38 heavy (non-hydrogen) atoms. The molecule has 1 aliphatic heterocycles. The van der Waals surface area contributed by atoms with Gasteiger partial charge in [0.25, 0.3) is 5.91 Å². The highest BCUT2D eigenvalue weighted by Crippen LogP contribution is 2.30. The topological polar surface area (TPSA) is 136 Å². The highest BCUT2D eigenvalue weighted by molar-refractivity contribution is 6.39. The maximum absolute atomic E-state index is 13.8. The van der Waals surface area contributed by atoms with Gasteiger partial charge in [0.2, 0.25) is 0 Å². The van der Waals surface area contributed by atoms with Crippen LogP contribution >= 0.6 is 0 Å². The molecule has 0 aromatic heterocycles. The number of ether oxygens (including phenoxy) is 3. The SMILES string of the molecule is COC(=O)C1=CC(C)(CN(C(=O)c2ccccc2)/C(=C\Nc2ccccc2)C(=O)OC)C(C(=O)OC)=NN1. The first-order valence-corrected chi connectivity index (χ1v) is 11.4. The van der Waals surface area contributed by atoms with Gasteiger partial charge in [-0.1, -0.05) is 36.4 Å². The fourth-order valence-corrected chi connectivity index (χ4v) is 3.74. The van der Waals surface area contributed by atoms with E-state index in [9.17, 15) is 19.2 Å². The molecule has 1 atom stereocenters. The Kier molecular flexibility index (Phi) is 8.99. The summed E-state index contributed by atoms with van der Waals surface area (Å²) in [6, 6.07) is 17.3. The number of benzene rings is 2. The van der Waals surface area contributed by atoms with Gasteiger partial charge in [0.1, 0.15) is 11.4 Å². The predicted molar refractivity (Wildman–Crippen MR) is 138 cm³/mol. The van der Waals surface area contributed by atoms with Gasteiger partial charge < -0.3 is 19.5 Å². The molecule has 2 aromatic rings. The average Bonchev–Trinajstić information content (AvgIpc) is 2.96. The summed E-state index contributed by atoms with van der Waals surface area (Å²) in [7, 11) is 3.56. The fourth-order valence-electron chi connectivity index (χ4n) is 3.74.